The Morgan fingerprint density at radius 1 is 1.11 bits per heavy atom. The number of carbonyl (C=O) groups excluding carboxylic acids is 5. The molecule has 0 unspecified atom stereocenters. The third-order valence-electron chi connectivity index (χ3n) is 9.17. The van der Waals surface area contributed by atoms with Gasteiger partial charge < -0.3 is 24.8 Å². The second-order valence-electron chi connectivity index (χ2n) is 12.8. The maximum Gasteiger partial charge on any atom is 0.411 e. The molecule has 0 radical (unpaired) electrons. The van der Waals surface area contributed by atoms with Gasteiger partial charge in [-0.15, -0.1) is 0 Å². The number of ketones is 2. The normalized spacial score (nSPS) is 23.8. The number of rotatable bonds is 14. The second kappa shape index (κ2) is 14.2. The Labute approximate surface area is 257 Å². The lowest BCUT2D eigenvalue weighted by Gasteiger charge is -2.27. The standard InChI is InChI=1S/C32H44N4O8/c1-20(33-28(38)17-36-9-11-42-12-10-36)27(37)16-23(13-22-7-8-25-24(14-22)18-43-31(41)35-25)30(40)34-26(15-21-5-3-4-6-21)29(39)32(2)19-44-32/h7-8,14,20-21,23,26H,3-6,9-13,15-19H2,1-2H3,(H,33,38)(H,34,40)(H,35,41)/t20-,23+,26-,32+/m0/s1. The van der Waals surface area contributed by atoms with Gasteiger partial charge in [0.25, 0.3) is 0 Å². The van der Waals surface area contributed by atoms with E-state index in [9.17, 15) is 24.0 Å². The van der Waals surface area contributed by atoms with Gasteiger partial charge in [-0.3, -0.25) is 29.4 Å². The molecule has 1 aromatic rings. The van der Waals surface area contributed by atoms with Gasteiger partial charge in [0.15, 0.2) is 11.6 Å². The van der Waals surface area contributed by atoms with E-state index in [2.05, 4.69) is 16.0 Å². The number of Topliss-reactive ketones (excluding diaryl/α,β-unsaturated/α-hetero) is 2. The van der Waals surface area contributed by atoms with Crippen LogP contribution in [0.3, 0.4) is 0 Å². The van der Waals surface area contributed by atoms with E-state index in [0.29, 0.717) is 50.9 Å². The van der Waals surface area contributed by atoms with Crippen LogP contribution in [0, 0.1) is 11.8 Å². The van der Waals surface area contributed by atoms with Crippen LogP contribution in [0.15, 0.2) is 18.2 Å². The van der Waals surface area contributed by atoms with Crippen molar-refractivity contribution in [2.45, 2.75) is 83.1 Å². The van der Waals surface area contributed by atoms with Crippen LogP contribution in [0.1, 0.15) is 63.5 Å². The number of amides is 3. The Balaban J connectivity index is 1.29. The molecular weight excluding hydrogens is 568 g/mol. The summed E-state index contributed by atoms with van der Waals surface area (Å²) in [5.41, 5.74) is 1.31. The number of epoxide rings is 1. The third-order valence-corrected chi connectivity index (χ3v) is 9.17. The van der Waals surface area contributed by atoms with Crippen molar-refractivity contribution in [3.05, 3.63) is 29.3 Å². The van der Waals surface area contributed by atoms with Gasteiger partial charge >= 0.3 is 6.09 Å². The van der Waals surface area contributed by atoms with E-state index in [1.165, 1.54) is 0 Å². The smallest absolute Gasteiger partial charge is 0.411 e. The summed E-state index contributed by atoms with van der Waals surface area (Å²) in [5.74, 6) is -1.48. The Morgan fingerprint density at radius 3 is 2.55 bits per heavy atom. The molecule has 3 fully saturated rings. The molecule has 12 heteroatoms. The predicted molar refractivity (Wildman–Crippen MR) is 160 cm³/mol. The lowest BCUT2D eigenvalue weighted by atomic mass is 9.88. The monoisotopic (exact) mass is 612 g/mol. The van der Waals surface area contributed by atoms with E-state index in [-0.39, 0.29) is 49.4 Å². The molecule has 2 saturated heterocycles. The second-order valence-corrected chi connectivity index (χ2v) is 12.8. The number of anilines is 1. The molecule has 240 valence electrons. The van der Waals surface area contributed by atoms with E-state index >= 15 is 0 Å². The minimum absolute atomic E-state index is 0.105. The summed E-state index contributed by atoms with van der Waals surface area (Å²) in [6.45, 7) is 6.42. The quantitative estimate of drug-likeness (QED) is 0.268. The third kappa shape index (κ3) is 8.42. The summed E-state index contributed by atoms with van der Waals surface area (Å²) in [5, 5.41) is 8.45. The molecule has 5 rings (SSSR count). The first-order valence-corrected chi connectivity index (χ1v) is 15.8. The summed E-state index contributed by atoms with van der Waals surface area (Å²) >= 11 is 0. The molecular formula is C32H44N4O8. The highest BCUT2D eigenvalue weighted by Gasteiger charge is 2.50. The number of carbonyl (C=O) groups is 5. The number of nitrogens with zero attached hydrogens (tertiary/aromatic N) is 1. The fourth-order valence-electron chi connectivity index (χ4n) is 6.32. The van der Waals surface area contributed by atoms with Gasteiger partial charge in [-0.2, -0.15) is 0 Å². The van der Waals surface area contributed by atoms with Crippen LogP contribution < -0.4 is 16.0 Å². The average molecular weight is 613 g/mol. The molecule has 12 nitrogen and oxygen atoms in total. The zero-order valence-corrected chi connectivity index (χ0v) is 25.7. The number of ether oxygens (including phenoxy) is 3. The summed E-state index contributed by atoms with van der Waals surface area (Å²) in [7, 11) is 0. The van der Waals surface area contributed by atoms with Crippen LogP contribution in [0.4, 0.5) is 10.5 Å². The molecule has 3 N–H and O–H groups in total. The lowest BCUT2D eigenvalue weighted by molar-refractivity contribution is -0.134. The SMILES string of the molecule is C[C@H](NC(=O)CN1CCOCC1)C(=O)C[C@@H](Cc1ccc2c(c1)COC(=O)N2)C(=O)N[C@@H](CC1CCCC1)C(=O)[C@@]1(C)CO1. The first kappa shape index (κ1) is 32.1. The number of hydrogen-bond donors (Lipinski definition) is 3. The van der Waals surface area contributed by atoms with Crippen molar-refractivity contribution in [1.82, 2.24) is 15.5 Å². The molecule has 4 atom stereocenters. The molecule has 1 saturated carbocycles. The first-order chi connectivity index (χ1) is 21.1. The Bertz CT molecular complexity index is 1250. The molecule has 4 aliphatic rings. The highest BCUT2D eigenvalue weighted by atomic mass is 16.6. The molecule has 3 aliphatic heterocycles. The van der Waals surface area contributed by atoms with Crippen molar-refractivity contribution in [2.24, 2.45) is 11.8 Å². The van der Waals surface area contributed by atoms with E-state index < -0.39 is 29.7 Å². The van der Waals surface area contributed by atoms with Gasteiger partial charge in [0.05, 0.1) is 44.1 Å². The summed E-state index contributed by atoms with van der Waals surface area (Å²) < 4.78 is 15.9. The molecule has 0 bridgehead atoms. The number of benzene rings is 1. The van der Waals surface area contributed by atoms with E-state index in [0.717, 1.165) is 36.8 Å². The van der Waals surface area contributed by atoms with E-state index in [1.807, 2.05) is 17.0 Å². The summed E-state index contributed by atoms with van der Waals surface area (Å²) in [6, 6.07) is 3.93. The molecule has 0 spiro atoms. The van der Waals surface area contributed by atoms with Gasteiger partial charge in [0.2, 0.25) is 11.8 Å². The van der Waals surface area contributed by atoms with Crippen molar-refractivity contribution in [3.63, 3.8) is 0 Å². The van der Waals surface area contributed by atoms with Crippen molar-refractivity contribution >= 4 is 35.2 Å². The lowest BCUT2D eigenvalue weighted by Crippen LogP contribution is -2.50. The van der Waals surface area contributed by atoms with Crippen LogP contribution in [-0.2, 0) is 46.4 Å². The fourth-order valence-corrected chi connectivity index (χ4v) is 6.32. The number of fused-ring (bicyclic) bond motifs is 1. The molecule has 0 aromatic heterocycles. The summed E-state index contributed by atoms with van der Waals surface area (Å²) in [6.07, 6.45) is 4.41. The maximum atomic E-state index is 13.9. The van der Waals surface area contributed by atoms with Crippen LogP contribution in [-0.4, -0.2) is 91.5 Å². The minimum atomic E-state index is -0.885. The Hall–Kier alpha value is -3.35. The first-order valence-electron chi connectivity index (χ1n) is 15.8. The van der Waals surface area contributed by atoms with Gasteiger partial charge in [-0.25, -0.2) is 4.79 Å². The average Bonchev–Trinajstić information content (AvgIpc) is 3.54. The van der Waals surface area contributed by atoms with Crippen molar-refractivity contribution in [1.29, 1.82) is 0 Å². The van der Waals surface area contributed by atoms with Crippen LogP contribution in [0.25, 0.3) is 0 Å². The molecule has 44 heavy (non-hydrogen) atoms. The van der Waals surface area contributed by atoms with Crippen LogP contribution in [0.2, 0.25) is 0 Å². The Kier molecular flexibility index (Phi) is 10.3. The van der Waals surface area contributed by atoms with Crippen LogP contribution in [0.5, 0.6) is 0 Å². The van der Waals surface area contributed by atoms with E-state index in [4.69, 9.17) is 14.2 Å². The number of hydrogen-bond acceptors (Lipinski definition) is 9. The molecule has 1 aliphatic carbocycles. The topological polar surface area (TPSA) is 156 Å². The fraction of sp³-hybridized carbons (Fsp3) is 0.656. The molecule has 3 amide bonds. The van der Waals surface area contributed by atoms with Gasteiger partial charge in [0.1, 0.15) is 12.2 Å². The van der Waals surface area contributed by atoms with Crippen molar-refractivity contribution in [2.75, 3.05) is 44.8 Å². The highest BCUT2D eigenvalue weighted by Crippen LogP contribution is 2.34. The molecule has 1 aromatic carbocycles. The largest absolute Gasteiger partial charge is 0.444 e. The van der Waals surface area contributed by atoms with E-state index in [1.54, 1.807) is 19.9 Å². The molecule has 3 heterocycles. The Morgan fingerprint density at radius 2 is 1.84 bits per heavy atom. The number of nitrogens with one attached hydrogen (secondary N) is 3. The minimum Gasteiger partial charge on any atom is -0.444 e. The number of cyclic esters (lactones) is 1. The zero-order chi connectivity index (χ0) is 31.3. The summed E-state index contributed by atoms with van der Waals surface area (Å²) in [4.78, 5) is 67.0. The van der Waals surface area contributed by atoms with Gasteiger partial charge in [-0.1, -0.05) is 37.8 Å². The highest BCUT2D eigenvalue weighted by molar-refractivity contribution is 5.98. The zero-order valence-electron chi connectivity index (χ0n) is 25.7. The maximum absolute atomic E-state index is 13.9. The van der Waals surface area contributed by atoms with Crippen LogP contribution >= 0.6 is 0 Å². The predicted octanol–water partition coefficient (Wildman–Crippen LogP) is 2.13. The van der Waals surface area contributed by atoms with Gasteiger partial charge in [0, 0.05) is 31.0 Å². The van der Waals surface area contributed by atoms with Crippen molar-refractivity contribution in [3.8, 4) is 0 Å². The number of morpholine rings is 1. The van der Waals surface area contributed by atoms with Gasteiger partial charge in [-0.05, 0) is 44.2 Å². The van der Waals surface area contributed by atoms with Crippen molar-refractivity contribution < 1.29 is 38.2 Å².